The Hall–Kier alpha value is -1.85. The number of hydrogen-bond acceptors (Lipinski definition) is 3. The molecule has 1 N–H and O–H groups in total. The molecule has 0 aromatic heterocycles. The summed E-state index contributed by atoms with van der Waals surface area (Å²) in [4.78, 5) is 0.369. The lowest BCUT2D eigenvalue weighted by Gasteiger charge is -2.34. The highest BCUT2D eigenvalue weighted by molar-refractivity contribution is 7.92. The molecule has 1 saturated heterocycles. The topological polar surface area (TPSA) is 49.4 Å². The first kappa shape index (κ1) is 15.7. The third kappa shape index (κ3) is 2.34. The summed E-state index contributed by atoms with van der Waals surface area (Å²) in [5.74, 6) is 0. The molecule has 0 unspecified atom stereocenters. The number of rotatable bonds is 2. The monoisotopic (exact) mass is 342 g/mol. The Labute approximate surface area is 143 Å². The molecule has 126 valence electrons. The molecule has 0 atom stereocenters. The van der Waals surface area contributed by atoms with Crippen LogP contribution in [0.1, 0.15) is 24.0 Å². The number of benzene rings is 2. The second kappa shape index (κ2) is 5.60. The van der Waals surface area contributed by atoms with Crippen LogP contribution in [0, 0.1) is 6.92 Å². The maximum atomic E-state index is 13.2. The summed E-state index contributed by atoms with van der Waals surface area (Å²) in [7, 11) is -3.53. The minimum Gasteiger partial charge on any atom is -0.317 e. The quantitative estimate of drug-likeness (QED) is 0.913. The molecular formula is C19H22N2O2S. The number of aryl methyl sites for hydroxylation is 1. The number of fused-ring (bicyclic) bond motifs is 2. The predicted octanol–water partition coefficient (Wildman–Crippen LogP) is 2.83. The molecule has 5 heteroatoms. The summed E-state index contributed by atoms with van der Waals surface area (Å²) in [6.07, 6.45) is 1.95. The Kier molecular flexibility index (Phi) is 3.66. The Balaban J connectivity index is 1.80. The van der Waals surface area contributed by atoms with Gasteiger partial charge in [0.15, 0.2) is 0 Å². The van der Waals surface area contributed by atoms with Crippen molar-refractivity contribution in [1.29, 1.82) is 0 Å². The number of piperidine rings is 1. The lowest BCUT2D eigenvalue weighted by Crippen LogP contribution is -2.44. The fourth-order valence-corrected chi connectivity index (χ4v) is 5.54. The molecule has 2 aromatic rings. The fraction of sp³-hybridized carbons (Fsp3) is 0.368. The van der Waals surface area contributed by atoms with Crippen LogP contribution in [0.25, 0.3) is 0 Å². The SMILES string of the molecule is Cc1ccc(S(=O)(=O)N2CC3(CCNCC3)c3ccccc32)cc1. The van der Waals surface area contributed by atoms with Gasteiger partial charge < -0.3 is 5.32 Å². The number of nitrogens with zero attached hydrogens (tertiary/aromatic N) is 1. The van der Waals surface area contributed by atoms with Gasteiger partial charge >= 0.3 is 0 Å². The molecule has 2 aliphatic heterocycles. The zero-order valence-corrected chi connectivity index (χ0v) is 14.6. The van der Waals surface area contributed by atoms with E-state index in [1.807, 2.05) is 37.3 Å². The molecule has 0 saturated carbocycles. The number of nitrogens with one attached hydrogen (secondary N) is 1. The van der Waals surface area contributed by atoms with Gasteiger partial charge in [-0.05, 0) is 56.6 Å². The van der Waals surface area contributed by atoms with Crippen molar-refractivity contribution in [2.24, 2.45) is 0 Å². The van der Waals surface area contributed by atoms with Gasteiger partial charge in [-0.15, -0.1) is 0 Å². The molecule has 4 rings (SSSR count). The molecule has 0 aliphatic carbocycles. The molecule has 1 spiro atoms. The largest absolute Gasteiger partial charge is 0.317 e. The second-order valence-electron chi connectivity index (χ2n) is 6.87. The maximum absolute atomic E-state index is 13.2. The lowest BCUT2D eigenvalue weighted by atomic mass is 9.75. The highest BCUT2D eigenvalue weighted by atomic mass is 32.2. The first-order valence-corrected chi connectivity index (χ1v) is 9.87. The van der Waals surface area contributed by atoms with E-state index >= 15 is 0 Å². The number of hydrogen-bond donors (Lipinski definition) is 1. The smallest absolute Gasteiger partial charge is 0.264 e. The van der Waals surface area contributed by atoms with Crippen LogP contribution in [0.4, 0.5) is 5.69 Å². The lowest BCUT2D eigenvalue weighted by molar-refractivity contribution is 0.330. The zero-order chi connectivity index (χ0) is 16.8. The van der Waals surface area contributed by atoms with Crippen molar-refractivity contribution in [3.63, 3.8) is 0 Å². The van der Waals surface area contributed by atoms with Crippen molar-refractivity contribution in [3.05, 3.63) is 59.7 Å². The van der Waals surface area contributed by atoms with Gasteiger partial charge in [-0.1, -0.05) is 35.9 Å². The van der Waals surface area contributed by atoms with E-state index in [1.54, 1.807) is 16.4 Å². The fourth-order valence-electron chi connectivity index (χ4n) is 3.97. The standard InChI is InChI=1S/C19H22N2O2S/c1-15-6-8-16(9-7-15)24(22,23)21-14-19(10-12-20-13-11-19)17-4-2-3-5-18(17)21/h2-9,20H,10-14H2,1H3. The third-order valence-corrected chi connectivity index (χ3v) is 7.13. The van der Waals surface area contributed by atoms with E-state index in [4.69, 9.17) is 0 Å². The summed E-state index contributed by atoms with van der Waals surface area (Å²) in [6, 6.07) is 15.1. The van der Waals surface area contributed by atoms with E-state index in [9.17, 15) is 8.42 Å². The summed E-state index contributed by atoms with van der Waals surface area (Å²) in [6.45, 7) is 4.38. The van der Waals surface area contributed by atoms with Crippen molar-refractivity contribution >= 4 is 15.7 Å². The molecule has 24 heavy (non-hydrogen) atoms. The Morgan fingerprint density at radius 3 is 2.38 bits per heavy atom. The van der Waals surface area contributed by atoms with Gasteiger partial charge in [0.1, 0.15) is 0 Å². The van der Waals surface area contributed by atoms with Crippen molar-refractivity contribution in [2.45, 2.75) is 30.1 Å². The van der Waals surface area contributed by atoms with Gasteiger partial charge in [-0.2, -0.15) is 0 Å². The van der Waals surface area contributed by atoms with Crippen LogP contribution in [0.2, 0.25) is 0 Å². The maximum Gasteiger partial charge on any atom is 0.264 e. The average molecular weight is 342 g/mol. The Morgan fingerprint density at radius 1 is 1.00 bits per heavy atom. The summed E-state index contributed by atoms with van der Waals surface area (Å²) in [5.41, 5.74) is 3.03. The number of sulfonamides is 1. The van der Waals surface area contributed by atoms with Crippen LogP contribution in [-0.2, 0) is 15.4 Å². The van der Waals surface area contributed by atoms with Crippen molar-refractivity contribution in [2.75, 3.05) is 23.9 Å². The van der Waals surface area contributed by atoms with Crippen LogP contribution in [0.3, 0.4) is 0 Å². The molecule has 2 heterocycles. The van der Waals surface area contributed by atoms with Crippen LogP contribution < -0.4 is 9.62 Å². The molecule has 2 aliphatic rings. The third-order valence-electron chi connectivity index (χ3n) is 5.36. The van der Waals surface area contributed by atoms with E-state index in [2.05, 4.69) is 11.4 Å². The average Bonchev–Trinajstić information content (AvgIpc) is 2.91. The van der Waals surface area contributed by atoms with Crippen LogP contribution in [0.5, 0.6) is 0 Å². The van der Waals surface area contributed by atoms with Crippen molar-refractivity contribution in [3.8, 4) is 0 Å². The van der Waals surface area contributed by atoms with Crippen LogP contribution >= 0.6 is 0 Å². The van der Waals surface area contributed by atoms with E-state index in [1.165, 1.54) is 5.56 Å². The van der Waals surface area contributed by atoms with Gasteiger partial charge in [-0.3, -0.25) is 4.31 Å². The first-order valence-electron chi connectivity index (χ1n) is 8.43. The minimum atomic E-state index is -3.53. The molecule has 4 nitrogen and oxygen atoms in total. The summed E-state index contributed by atoms with van der Waals surface area (Å²) >= 11 is 0. The van der Waals surface area contributed by atoms with Gasteiger partial charge in [0.2, 0.25) is 0 Å². The zero-order valence-electron chi connectivity index (χ0n) is 13.8. The van der Waals surface area contributed by atoms with Crippen LogP contribution in [0.15, 0.2) is 53.4 Å². The van der Waals surface area contributed by atoms with Crippen molar-refractivity contribution in [1.82, 2.24) is 5.32 Å². The molecule has 0 radical (unpaired) electrons. The highest BCUT2D eigenvalue weighted by Crippen LogP contribution is 2.47. The second-order valence-corrected chi connectivity index (χ2v) is 8.73. The molecular weight excluding hydrogens is 320 g/mol. The van der Waals surface area contributed by atoms with Crippen molar-refractivity contribution < 1.29 is 8.42 Å². The van der Waals surface area contributed by atoms with Gasteiger partial charge in [0.05, 0.1) is 10.6 Å². The number of anilines is 1. The Bertz CT molecular complexity index is 853. The molecule has 0 bridgehead atoms. The molecule has 0 amide bonds. The highest BCUT2D eigenvalue weighted by Gasteiger charge is 2.46. The minimum absolute atomic E-state index is 0.0559. The first-order chi connectivity index (χ1) is 11.5. The van der Waals surface area contributed by atoms with E-state index < -0.39 is 10.0 Å². The van der Waals surface area contributed by atoms with Gasteiger partial charge in [0, 0.05) is 12.0 Å². The van der Waals surface area contributed by atoms with Gasteiger partial charge in [0.25, 0.3) is 10.0 Å². The van der Waals surface area contributed by atoms with E-state index in [0.717, 1.165) is 37.2 Å². The Morgan fingerprint density at radius 2 is 1.67 bits per heavy atom. The summed E-state index contributed by atoms with van der Waals surface area (Å²) in [5, 5.41) is 3.39. The van der Waals surface area contributed by atoms with Gasteiger partial charge in [-0.25, -0.2) is 8.42 Å². The number of para-hydroxylation sites is 1. The van der Waals surface area contributed by atoms with E-state index in [-0.39, 0.29) is 5.41 Å². The van der Waals surface area contributed by atoms with Crippen LogP contribution in [-0.4, -0.2) is 28.1 Å². The van der Waals surface area contributed by atoms with E-state index in [0.29, 0.717) is 11.4 Å². The normalized spacial score (nSPS) is 19.5. The molecule has 2 aromatic carbocycles. The summed E-state index contributed by atoms with van der Waals surface area (Å²) < 4.78 is 28.1. The predicted molar refractivity (Wildman–Crippen MR) is 95.9 cm³/mol. The molecule has 1 fully saturated rings.